The molecule has 0 N–H and O–H groups in total. The fraction of sp³-hybridized carbons (Fsp3) is 0.286. The first-order chi connectivity index (χ1) is 9.25. The number of carbonyl (C=O) groups is 1. The molecule has 1 amide bonds. The van der Waals surface area contributed by atoms with Crippen LogP contribution in [0.3, 0.4) is 0 Å². The Labute approximate surface area is 124 Å². The third-order valence-electron chi connectivity index (χ3n) is 3.36. The van der Waals surface area contributed by atoms with Gasteiger partial charge in [0.25, 0.3) is 5.91 Å². The van der Waals surface area contributed by atoms with E-state index in [0.29, 0.717) is 10.2 Å². The minimum Gasteiger partial charge on any atom is -0.331 e. The van der Waals surface area contributed by atoms with E-state index < -0.39 is 0 Å². The molecular formula is C14H13BrN2OS. The lowest BCUT2D eigenvalue weighted by molar-refractivity contribution is 0.0737. The van der Waals surface area contributed by atoms with Gasteiger partial charge < -0.3 is 4.90 Å². The minimum atomic E-state index is 0.0963. The standard InChI is InChI=1S/C14H13BrN2OS/c15-13-9-10(5-6-16-13)14(18)17-7-1-3-11(17)12-4-2-8-19-12/h2,4-6,8-9,11H,1,3,7H2. The number of hydrogen-bond donors (Lipinski definition) is 0. The Morgan fingerprint density at radius 3 is 3.11 bits per heavy atom. The number of nitrogens with zero attached hydrogens (tertiary/aromatic N) is 2. The zero-order chi connectivity index (χ0) is 13.2. The van der Waals surface area contributed by atoms with Gasteiger partial charge in [0.2, 0.25) is 0 Å². The summed E-state index contributed by atoms with van der Waals surface area (Å²) in [5.74, 6) is 0.0963. The molecule has 0 radical (unpaired) electrons. The van der Waals surface area contributed by atoms with E-state index in [0.717, 1.165) is 19.4 Å². The molecule has 3 nitrogen and oxygen atoms in total. The lowest BCUT2D eigenvalue weighted by Gasteiger charge is -2.24. The van der Waals surface area contributed by atoms with Gasteiger partial charge in [0.15, 0.2) is 0 Å². The van der Waals surface area contributed by atoms with E-state index in [2.05, 4.69) is 32.4 Å². The van der Waals surface area contributed by atoms with Crippen LogP contribution in [0.4, 0.5) is 0 Å². The van der Waals surface area contributed by atoms with Gasteiger partial charge in [-0.2, -0.15) is 0 Å². The van der Waals surface area contributed by atoms with Crippen molar-refractivity contribution in [3.8, 4) is 0 Å². The molecule has 1 unspecified atom stereocenters. The van der Waals surface area contributed by atoms with Crippen molar-refractivity contribution in [2.45, 2.75) is 18.9 Å². The van der Waals surface area contributed by atoms with Crippen molar-refractivity contribution in [2.24, 2.45) is 0 Å². The van der Waals surface area contributed by atoms with Crippen LogP contribution in [0.5, 0.6) is 0 Å². The second-order valence-corrected chi connectivity index (χ2v) is 6.33. The summed E-state index contributed by atoms with van der Waals surface area (Å²) in [4.78, 5) is 19.9. The molecule has 98 valence electrons. The summed E-state index contributed by atoms with van der Waals surface area (Å²) in [6, 6.07) is 7.95. The quantitative estimate of drug-likeness (QED) is 0.779. The highest BCUT2D eigenvalue weighted by Crippen LogP contribution is 2.35. The highest BCUT2D eigenvalue weighted by atomic mass is 79.9. The van der Waals surface area contributed by atoms with E-state index in [1.807, 2.05) is 11.0 Å². The van der Waals surface area contributed by atoms with Gasteiger partial charge in [0, 0.05) is 23.2 Å². The molecule has 1 atom stereocenters. The maximum atomic E-state index is 12.6. The van der Waals surface area contributed by atoms with Gasteiger partial charge in [0.05, 0.1) is 6.04 Å². The highest BCUT2D eigenvalue weighted by Gasteiger charge is 2.31. The van der Waals surface area contributed by atoms with Crippen molar-refractivity contribution in [1.82, 2.24) is 9.88 Å². The molecule has 2 aromatic rings. The van der Waals surface area contributed by atoms with Crippen LogP contribution in [0, 0.1) is 0 Å². The van der Waals surface area contributed by atoms with E-state index >= 15 is 0 Å². The average molecular weight is 337 g/mol. The van der Waals surface area contributed by atoms with Crippen molar-refractivity contribution in [1.29, 1.82) is 0 Å². The molecule has 1 aliphatic rings. The van der Waals surface area contributed by atoms with Crippen molar-refractivity contribution in [2.75, 3.05) is 6.54 Å². The molecule has 2 aromatic heterocycles. The SMILES string of the molecule is O=C(c1ccnc(Br)c1)N1CCCC1c1cccs1. The van der Waals surface area contributed by atoms with Crippen molar-refractivity contribution in [3.05, 3.63) is 50.9 Å². The molecule has 5 heteroatoms. The van der Waals surface area contributed by atoms with Gasteiger partial charge in [-0.1, -0.05) is 6.07 Å². The summed E-state index contributed by atoms with van der Waals surface area (Å²) in [5, 5.41) is 2.07. The highest BCUT2D eigenvalue weighted by molar-refractivity contribution is 9.10. The van der Waals surface area contributed by atoms with Crippen LogP contribution in [0.1, 0.15) is 34.1 Å². The number of rotatable bonds is 2. The number of pyridine rings is 1. The molecule has 3 heterocycles. The van der Waals surface area contributed by atoms with E-state index in [9.17, 15) is 4.79 Å². The van der Waals surface area contributed by atoms with Crippen molar-refractivity contribution >= 4 is 33.2 Å². The predicted octanol–water partition coefficient (Wildman–Crippen LogP) is 3.88. The molecule has 0 spiro atoms. The second kappa shape index (κ2) is 5.43. The molecule has 0 bridgehead atoms. The largest absolute Gasteiger partial charge is 0.331 e. The van der Waals surface area contributed by atoms with Crippen LogP contribution < -0.4 is 0 Å². The zero-order valence-corrected chi connectivity index (χ0v) is 12.7. The number of aromatic nitrogens is 1. The van der Waals surface area contributed by atoms with Gasteiger partial charge in [0.1, 0.15) is 4.60 Å². The summed E-state index contributed by atoms with van der Waals surface area (Å²) >= 11 is 5.04. The molecule has 0 aromatic carbocycles. The van der Waals surface area contributed by atoms with Crippen molar-refractivity contribution in [3.63, 3.8) is 0 Å². The fourth-order valence-electron chi connectivity index (χ4n) is 2.49. The minimum absolute atomic E-state index is 0.0963. The third kappa shape index (κ3) is 2.58. The number of thiophene rings is 1. The smallest absolute Gasteiger partial charge is 0.254 e. The van der Waals surface area contributed by atoms with Gasteiger partial charge >= 0.3 is 0 Å². The Kier molecular flexibility index (Phi) is 3.66. The molecule has 0 aliphatic carbocycles. The second-order valence-electron chi connectivity index (χ2n) is 4.54. The van der Waals surface area contributed by atoms with Gasteiger partial charge in [-0.25, -0.2) is 4.98 Å². The third-order valence-corrected chi connectivity index (χ3v) is 4.77. The Bertz CT molecular complexity index is 585. The summed E-state index contributed by atoms with van der Waals surface area (Å²) in [7, 11) is 0. The first-order valence-electron chi connectivity index (χ1n) is 6.21. The summed E-state index contributed by atoms with van der Waals surface area (Å²) in [5.41, 5.74) is 0.699. The van der Waals surface area contributed by atoms with E-state index in [4.69, 9.17) is 0 Å². The zero-order valence-electron chi connectivity index (χ0n) is 10.3. The van der Waals surface area contributed by atoms with E-state index in [-0.39, 0.29) is 11.9 Å². The van der Waals surface area contributed by atoms with Crippen LogP contribution in [0.25, 0.3) is 0 Å². The number of halogens is 1. The molecule has 1 aliphatic heterocycles. The number of likely N-dealkylation sites (tertiary alicyclic amines) is 1. The molecular weight excluding hydrogens is 324 g/mol. The Balaban J connectivity index is 1.87. The number of hydrogen-bond acceptors (Lipinski definition) is 3. The lowest BCUT2D eigenvalue weighted by atomic mass is 10.1. The predicted molar refractivity (Wildman–Crippen MR) is 79.3 cm³/mol. The van der Waals surface area contributed by atoms with E-state index in [1.54, 1.807) is 29.7 Å². The van der Waals surface area contributed by atoms with Gasteiger partial charge in [-0.05, 0) is 52.4 Å². The molecule has 19 heavy (non-hydrogen) atoms. The van der Waals surface area contributed by atoms with Crippen LogP contribution in [0.15, 0.2) is 40.4 Å². The van der Waals surface area contributed by atoms with E-state index in [1.165, 1.54) is 4.88 Å². The Hall–Kier alpha value is -1.20. The normalized spacial score (nSPS) is 18.8. The number of amides is 1. The molecule has 3 rings (SSSR count). The maximum absolute atomic E-state index is 12.6. The summed E-state index contributed by atoms with van der Waals surface area (Å²) in [6.07, 6.45) is 3.78. The van der Waals surface area contributed by atoms with Crippen LogP contribution >= 0.6 is 27.3 Å². The first kappa shape index (κ1) is 12.8. The average Bonchev–Trinajstić information content (AvgIpc) is 3.08. The molecule has 1 saturated heterocycles. The monoisotopic (exact) mass is 336 g/mol. The molecule has 0 saturated carbocycles. The molecule has 1 fully saturated rings. The van der Waals surface area contributed by atoms with Crippen LogP contribution in [0.2, 0.25) is 0 Å². The Morgan fingerprint density at radius 2 is 2.37 bits per heavy atom. The number of carbonyl (C=O) groups excluding carboxylic acids is 1. The Morgan fingerprint density at radius 1 is 1.47 bits per heavy atom. The van der Waals surface area contributed by atoms with Crippen LogP contribution in [-0.2, 0) is 0 Å². The van der Waals surface area contributed by atoms with Crippen molar-refractivity contribution < 1.29 is 4.79 Å². The summed E-state index contributed by atoms with van der Waals surface area (Å²) in [6.45, 7) is 0.835. The lowest BCUT2D eigenvalue weighted by Crippen LogP contribution is -2.30. The summed E-state index contributed by atoms with van der Waals surface area (Å²) < 4.78 is 0.699. The van der Waals surface area contributed by atoms with Gasteiger partial charge in [-0.15, -0.1) is 11.3 Å². The first-order valence-corrected chi connectivity index (χ1v) is 7.89. The fourth-order valence-corrected chi connectivity index (χ4v) is 3.73. The van der Waals surface area contributed by atoms with Crippen LogP contribution in [-0.4, -0.2) is 22.3 Å². The maximum Gasteiger partial charge on any atom is 0.254 e. The van der Waals surface area contributed by atoms with Gasteiger partial charge in [-0.3, -0.25) is 4.79 Å². The topological polar surface area (TPSA) is 33.2 Å².